The van der Waals surface area contributed by atoms with E-state index in [1.54, 1.807) is 12.3 Å². The molecule has 0 atom stereocenters. The molecular weight excluding hydrogens is 276 g/mol. The Morgan fingerprint density at radius 3 is 3.05 bits per heavy atom. The van der Waals surface area contributed by atoms with Crippen LogP contribution >= 0.6 is 0 Å². The molecule has 0 fully saturated rings. The molecule has 0 N–H and O–H groups in total. The van der Waals surface area contributed by atoms with Crippen LogP contribution < -0.4 is 0 Å². The highest BCUT2D eigenvalue weighted by Gasteiger charge is 2.18. The molecule has 110 valence electrons. The van der Waals surface area contributed by atoms with Crippen molar-refractivity contribution in [2.45, 2.75) is 12.8 Å². The number of fused-ring (bicyclic) bond motifs is 1. The molecule has 0 bridgehead atoms. The van der Waals surface area contributed by atoms with Crippen LogP contribution in [0.1, 0.15) is 18.4 Å². The summed E-state index contributed by atoms with van der Waals surface area (Å²) in [6.45, 7) is 0.463. The fourth-order valence-electron chi connectivity index (χ4n) is 2.41. The Kier molecular flexibility index (Phi) is 4.10. The zero-order valence-electron chi connectivity index (χ0n) is 12.1. The van der Waals surface area contributed by atoms with Crippen LogP contribution in [0.2, 0.25) is 0 Å². The van der Waals surface area contributed by atoms with Gasteiger partial charge in [0.05, 0.1) is 5.52 Å². The minimum atomic E-state index is -0.287. The molecule has 1 aromatic heterocycles. The molecule has 0 spiro atoms. The van der Waals surface area contributed by atoms with Crippen molar-refractivity contribution in [1.82, 2.24) is 9.88 Å². The summed E-state index contributed by atoms with van der Waals surface area (Å²) in [5.74, 6) is -0.534. The molecule has 1 aliphatic heterocycles. The third-order valence-corrected chi connectivity index (χ3v) is 3.57. The Labute approximate surface area is 128 Å². The Morgan fingerprint density at radius 1 is 1.27 bits per heavy atom. The number of imide groups is 1. The van der Waals surface area contributed by atoms with E-state index in [4.69, 9.17) is 0 Å². The minimum absolute atomic E-state index is 0.246. The van der Waals surface area contributed by atoms with E-state index in [-0.39, 0.29) is 11.8 Å². The van der Waals surface area contributed by atoms with E-state index >= 15 is 0 Å². The van der Waals surface area contributed by atoms with Gasteiger partial charge in [0.1, 0.15) is 0 Å². The quantitative estimate of drug-likeness (QED) is 0.800. The average molecular weight is 292 g/mol. The third kappa shape index (κ3) is 3.11. The van der Waals surface area contributed by atoms with Crippen LogP contribution in [0.3, 0.4) is 0 Å². The summed E-state index contributed by atoms with van der Waals surface area (Å²) in [5.41, 5.74) is 1.75. The third-order valence-electron chi connectivity index (χ3n) is 3.57. The van der Waals surface area contributed by atoms with E-state index in [1.165, 1.54) is 17.1 Å². The van der Waals surface area contributed by atoms with E-state index in [9.17, 15) is 9.59 Å². The van der Waals surface area contributed by atoms with Crippen molar-refractivity contribution < 1.29 is 9.59 Å². The van der Waals surface area contributed by atoms with Crippen molar-refractivity contribution in [3.05, 3.63) is 60.3 Å². The van der Waals surface area contributed by atoms with Crippen LogP contribution in [0.15, 0.2) is 54.8 Å². The van der Waals surface area contributed by atoms with Gasteiger partial charge in [-0.3, -0.25) is 19.5 Å². The highest BCUT2D eigenvalue weighted by molar-refractivity contribution is 6.06. The molecule has 0 saturated heterocycles. The fourth-order valence-corrected chi connectivity index (χ4v) is 2.41. The summed E-state index contributed by atoms with van der Waals surface area (Å²) in [7, 11) is 0. The van der Waals surface area contributed by atoms with Gasteiger partial charge in [-0.1, -0.05) is 24.3 Å². The number of amides is 2. The van der Waals surface area contributed by atoms with Gasteiger partial charge < -0.3 is 0 Å². The predicted octanol–water partition coefficient (Wildman–Crippen LogP) is 2.95. The zero-order chi connectivity index (χ0) is 15.4. The maximum absolute atomic E-state index is 12.2. The highest BCUT2D eigenvalue weighted by atomic mass is 16.2. The molecule has 4 heteroatoms. The van der Waals surface area contributed by atoms with Crippen molar-refractivity contribution >= 4 is 28.8 Å². The van der Waals surface area contributed by atoms with Crippen LogP contribution in [0.4, 0.5) is 0 Å². The fraction of sp³-hybridized carbons (Fsp3) is 0.167. The van der Waals surface area contributed by atoms with Crippen molar-refractivity contribution in [3.8, 4) is 0 Å². The average Bonchev–Trinajstić information content (AvgIpc) is 2.77. The Balaban J connectivity index is 1.78. The number of carbonyl (C=O) groups is 2. The van der Waals surface area contributed by atoms with Crippen molar-refractivity contribution in [3.63, 3.8) is 0 Å². The van der Waals surface area contributed by atoms with Crippen molar-refractivity contribution in [2.24, 2.45) is 0 Å². The monoisotopic (exact) mass is 292 g/mol. The zero-order valence-corrected chi connectivity index (χ0v) is 12.1. The number of para-hydroxylation sites is 1. The van der Waals surface area contributed by atoms with Gasteiger partial charge >= 0.3 is 0 Å². The van der Waals surface area contributed by atoms with Gasteiger partial charge in [0.15, 0.2) is 0 Å². The van der Waals surface area contributed by atoms with Gasteiger partial charge in [-0.05, 0) is 42.7 Å². The lowest BCUT2D eigenvalue weighted by Crippen LogP contribution is -2.34. The van der Waals surface area contributed by atoms with E-state index in [0.717, 1.165) is 29.3 Å². The van der Waals surface area contributed by atoms with E-state index in [2.05, 4.69) is 4.98 Å². The first-order valence-electron chi connectivity index (χ1n) is 7.29. The molecule has 0 saturated carbocycles. The summed E-state index contributed by atoms with van der Waals surface area (Å²) in [6, 6.07) is 9.77. The summed E-state index contributed by atoms with van der Waals surface area (Å²) in [4.78, 5) is 29.6. The molecular formula is C18H16N2O2. The lowest BCUT2D eigenvalue weighted by molar-refractivity contribution is -0.138. The van der Waals surface area contributed by atoms with Crippen LogP contribution in [-0.4, -0.2) is 28.2 Å². The first kappa shape index (κ1) is 14.2. The maximum atomic E-state index is 12.2. The highest BCUT2D eigenvalue weighted by Crippen LogP contribution is 2.14. The second-order valence-electron chi connectivity index (χ2n) is 5.17. The van der Waals surface area contributed by atoms with E-state index < -0.39 is 0 Å². The first-order valence-corrected chi connectivity index (χ1v) is 7.29. The molecule has 0 aliphatic carbocycles. The van der Waals surface area contributed by atoms with Crippen LogP contribution in [0.5, 0.6) is 0 Å². The molecule has 3 rings (SSSR count). The number of allylic oxidation sites excluding steroid dienone is 1. The summed E-state index contributed by atoms with van der Waals surface area (Å²) >= 11 is 0. The molecule has 1 aliphatic rings. The second kappa shape index (κ2) is 6.35. The van der Waals surface area contributed by atoms with Crippen LogP contribution in [0.25, 0.3) is 17.0 Å². The SMILES string of the molecule is O=C1C=CCCCN1C(=O)C=Cc1cnc2ccccc2c1. The molecule has 0 unspecified atom stereocenters. The topological polar surface area (TPSA) is 50.3 Å². The molecule has 4 nitrogen and oxygen atoms in total. The Hall–Kier alpha value is -2.75. The lowest BCUT2D eigenvalue weighted by Gasteiger charge is -2.15. The molecule has 2 aromatic rings. The molecule has 0 radical (unpaired) electrons. The largest absolute Gasteiger partial charge is 0.275 e. The molecule has 2 amide bonds. The number of carbonyl (C=O) groups excluding carboxylic acids is 2. The molecule has 22 heavy (non-hydrogen) atoms. The van der Waals surface area contributed by atoms with Gasteiger partial charge in [0.2, 0.25) is 0 Å². The van der Waals surface area contributed by atoms with Gasteiger partial charge in [0.25, 0.3) is 11.8 Å². The standard InChI is InChI=1S/C18H16N2O2/c21-17-8-2-1-5-11-20(17)18(22)10-9-14-12-15-6-3-4-7-16(15)19-13-14/h2-4,6-10,12-13H,1,5,11H2. The smallest absolute Gasteiger partial charge is 0.253 e. The number of pyridine rings is 1. The van der Waals surface area contributed by atoms with Gasteiger partial charge in [-0.2, -0.15) is 0 Å². The second-order valence-corrected chi connectivity index (χ2v) is 5.17. The summed E-state index contributed by atoms with van der Waals surface area (Å²) in [5, 5.41) is 1.02. The minimum Gasteiger partial charge on any atom is -0.275 e. The summed E-state index contributed by atoms with van der Waals surface area (Å²) < 4.78 is 0. The number of hydrogen-bond acceptors (Lipinski definition) is 3. The number of benzene rings is 1. The normalized spacial score (nSPS) is 15.5. The van der Waals surface area contributed by atoms with Gasteiger partial charge in [-0.25, -0.2) is 0 Å². The van der Waals surface area contributed by atoms with Crippen LogP contribution in [-0.2, 0) is 9.59 Å². The van der Waals surface area contributed by atoms with Crippen LogP contribution in [0, 0.1) is 0 Å². The van der Waals surface area contributed by atoms with Gasteiger partial charge in [-0.15, -0.1) is 0 Å². The Bertz CT molecular complexity index is 778. The lowest BCUT2D eigenvalue weighted by atomic mass is 10.1. The van der Waals surface area contributed by atoms with E-state index in [0.29, 0.717) is 6.54 Å². The van der Waals surface area contributed by atoms with Gasteiger partial charge in [0, 0.05) is 24.2 Å². The number of nitrogens with zero attached hydrogens (tertiary/aromatic N) is 2. The molecule has 2 heterocycles. The molecule has 1 aromatic carbocycles. The number of aromatic nitrogens is 1. The predicted molar refractivity (Wildman–Crippen MR) is 85.9 cm³/mol. The summed E-state index contributed by atoms with van der Waals surface area (Å²) in [6.07, 6.45) is 9.76. The van der Waals surface area contributed by atoms with E-state index in [1.807, 2.05) is 36.4 Å². The van der Waals surface area contributed by atoms with Crippen molar-refractivity contribution in [2.75, 3.05) is 6.54 Å². The Morgan fingerprint density at radius 2 is 2.14 bits per heavy atom. The maximum Gasteiger partial charge on any atom is 0.253 e. The number of rotatable bonds is 2. The van der Waals surface area contributed by atoms with Crippen molar-refractivity contribution in [1.29, 1.82) is 0 Å². The first-order chi connectivity index (χ1) is 10.7. The number of hydrogen-bond donors (Lipinski definition) is 0.